The first-order valence-corrected chi connectivity index (χ1v) is 10.9. The Labute approximate surface area is 191 Å². The molecule has 0 aliphatic heterocycles. The molecule has 154 valence electrons. The van der Waals surface area contributed by atoms with Crippen molar-refractivity contribution in [1.82, 2.24) is 9.55 Å². The predicted octanol–water partition coefficient (Wildman–Crippen LogP) is 7.38. The first-order valence-electron chi connectivity index (χ1n) is 10.9. The van der Waals surface area contributed by atoms with E-state index in [-0.39, 0.29) is 0 Å². The third-order valence-electron chi connectivity index (χ3n) is 6.09. The topological polar surface area (TPSA) is 41.6 Å². The van der Waals surface area contributed by atoms with Gasteiger partial charge in [-0.05, 0) is 70.8 Å². The molecular weight excluding hydrogens is 402 g/mol. The van der Waals surface area contributed by atoms with Gasteiger partial charge in [-0.15, -0.1) is 0 Å². The van der Waals surface area contributed by atoms with Crippen molar-refractivity contribution in [3.05, 3.63) is 121 Å². The second kappa shape index (κ2) is 7.78. The van der Waals surface area contributed by atoms with E-state index >= 15 is 0 Å². The number of nitriles is 1. The van der Waals surface area contributed by atoms with Gasteiger partial charge in [0.1, 0.15) is 11.8 Å². The van der Waals surface area contributed by atoms with Crippen molar-refractivity contribution >= 4 is 21.8 Å². The van der Waals surface area contributed by atoms with Crippen LogP contribution in [0.15, 0.2) is 115 Å². The number of hydrogen-bond acceptors (Lipinski definition) is 2. The standard InChI is InChI=1S/C30H19N3/c31-20-25-18-24(15-16-32-25)22-8-6-7-21(17-22)23-13-14-30-28(19-23)27-11-4-5-12-29(27)33(30)26-9-2-1-3-10-26/h1-19H. The highest BCUT2D eigenvalue weighted by Crippen LogP contribution is 2.35. The van der Waals surface area contributed by atoms with Gasteiger partial charge in [0.2, 0.25) is 0 Å². The molecule has 6 rings (SSSR count). The van der Waals surface area contributed by atoms with Gasteiger partial charge in [-0.3, -0.25) is 0 Å². The van der Waals surface area contributed by atoms with Gasteiger partial charge in [-0.1, -0.05) is 60.7 Å². The highest BCUT2D eigenvalue weighted by atomic mass is 15.0. The zero-order valence-corrected chi connectivity index (χ0v) is 17.8. The van der Waals surface area contributed by atoms with E-state index in [1.165, 1.54) is 21.8 Å². The molecule has 4 aromatic carbocycles. The smallest absolute Gasteiger partial charge is 0.141 e. The zero-order chi connectivity index (χ0) is 22.2. The number of aromatic nitrogens is 2. The van der Waals surface area contributed by atoms with Crippen molar-refractivity contribution in [2.45, 2.75) is 0 Å². The quantitative estimate of drug-likeness (QED) is 0.299. The van der Waals surface area contributed by atoms with Crippen LogP contribution in [0.5, 0.6) is 0 Å². The first-order chi connectivity index (χ1) is 16.3. The number of para-hydroxylation sites is 2. The maximum atomic E-state index is 9.20. The number of hydrogen-bond donors (Lipinski definition) is 0. The maximum absolute atomic E-state index is 9.20. The zero-order valence-electron chi connectivity index (χ0n) is 17.8. The molecule has 0 saturated carbocycles. The van der Waals surface area contributed by atoms with Crippen LogP contribution in [0.1, 0.15) is 5.69 Å². The number of nitrogens with zero attached hydrogens (tertiary/aromatic N) is 3. The van der Waals surface area contributed by atoms with Gasteiger partial charge < -0.3 is 4.57 Å². The van der Waals surface area contributed by atoms with Crippen LogP contribution in [0.2, 0.25) is 0 Å². The molecule has 0 spiro atoms. The molecule has 0 N–H and O–H groups in total. The summed E-state index contributed by atoms with van der Waals surface area (Å²) >= 11 is 0. The number of rotatable bonds is 3. The summed E-state index contributed by atoms with van der Waals surface area (Å²) in [7, 11) is 0. The third kappa shape index (κ3) is 3.26. The first kappa shape index (κ1) is 19.0. The molecule has 0 saturated heterocycles. The molecule has 0 radical (unpaired) electrons. The lowest BCUT2D eigenvalue weighted by molar-refractivity contribution is 1.18. The van der Waals surface area contributed by atoms with Crippen molar-refractivity contribution in [2.75, 3.05) is 0 Å². The minimum absolute atomic E-state index is 0.424. The molecule has 2 heterocycles. The normalized spacial score (nSPS) is 11.0. The van der Waals surface area contributed by atoms with Crippen LogP contribution in [-0.4, -0.2) is 9.55 Å². The Bertz CT molecular complexity index is 1670. The Morgan fingerprint density at radius 2 is 1.27 bits per heavy atom. The fourth-order valence-electron chi connectivity index (χ4n) is 4.56. The summed E-state index contributed by atoms with van der Waals surface area (Å²) in [6.45, 7) is 0. The Balaban J connectivity index is 1.53. The average molecular weight is 422 g/mol. The molecule has 3 heteroatoms. The fourth-order valence-corrected chi connectivity index (χ4v) is 4.56. The van der Waals surface area contributed by atoms with Gasteiger partial charge >= 0.3 is 0 Å². The maximum Gasteiger partial charge on any atom is 0.141 e. The summed E-state index contributed by atoms with van der Waals surface area (Å²) < 4.78 is 2.32. The summed E-state index contributed by atoms with van der Waals surface area (Å²) in [5.74, 6) is 0. The number of benzene rings is 4. The molecule has 6 aromatic rings. The molecular formula is C30H19N3. The molecule has 0 fully saturated rings. The monoisotopic (exact) mass is 421 g/mol. The van der Waals surface area contributed by atoms with Gasteiger partial charge in [0.15, 0.2) is 0 Å². The van der Waals surface area contributed by atoms with Crippen molar-refractivity contribution in [1.29, 1.82) is 5.26 Å². The molecule has 0 aliphatic carbocycles. The van der Waals surface area contributed by atoms with Crippen molar-refractivity contribution in [3.8, 4) is 34.0 Å². The van der Waals surface area contributed by atoms with E-state index < -0.39 is 0 Å². The number of pyridine rings is 1. The van der Waals surface area contributed by atoms with Crippen molar-refractivity contribution in [3.63, 3.8) is 0 Å². The summed E-state index contributed by atoms with van der Waals surface area (Å²) in [6, 6.07) is 40.1. The second-order valence-corrected chi connectivity index (χ2v) is 8.04. The van der Waals surface area contributed by atoms with E-state index in [0.717, 1.165) is 27.9 Å². The molecule has 2 aromatic heterocycles. The largest absolute Gasteiger partial charge is 0.309 e. The molecule has 0 bridgehead atoms. The summed E-state index contributed by atoms with van der Waals surface area (Å²) in [5, 5.41) is 11.7. The van der Waals surface area contributed by atoms with Crippen LogP contribution in [0.25, 0.3) is 49.7 Å². The Kier molecular flexibility index (Phi) is 4.49. The van der Waals surface area contributed by atoms with E-state index in [9.17, 15) is 5.26 Å². The third-order valence-corrected chi connectivity index (χ3v) is 6.09. The van der Waals surface area contributed by atoms with Gasteiger partial charge in [0, 0.05) is 22.7 Å². The SMILES string of the molecule is N#Cc1cc(-c2cccc(-c3ccc4c(c3)c3ccccc3n4-c3ccccc3)c2)ccn1. The molecule has 0 aliphatic rings. The van der Waals surface area contributed by atoms with Gasteiger partial charge in [0.05, 0.1) is 11.0 Å². The molecule has 0 atom stereocenters. The lowest BCUT2D eigenvalue weighted by Crippen LogP contribution is -1.92. The van der Waals surface area contributed by atoms with Crippen molar-refractivity contribution < 1.29 is 0 Å². The summed E-state index contributed by atoms with van der Waals surface area (Å²) in [5.41, 5.74) is 8.33. The van der Waals surface area contributed by atoms with Crippen LogP contribution in [0.3, 0.4) is 0 Å². The second-order valence-electron chi connectivity index (χ2n) is 8.04. The minimum atomic E-state index is 0.424. The summed E-state index contributed by atoms with van der Waals surface area (Å²) in [6.07, 6.45) is 1.69. The Morgan fingerprint density at radius 3 is 2.09 bits per heavy atom. The minimum Gasteiger partial charge on any atom is -0.309 e. The molecule has 33 heavy (non-hydrogen) atoms. The number of fused-ring (bicyclic) bond motifs is 3. The molecule has 3 nitrogen and oxygen atoms in total. The van der Waals surface area contributed by atoms with E-state index in [4.69, 9.17) is 0 Å². The lowest BCUT2D eigenvalue weighted by Gasteiger charge is -2.09. The van der Waals surface area contributed by atoms with E-state index in [0.29, 0.717) is 5.69 Å². The van der Waals surface area contributed by atoms with Crippen LogP contribution >= 0.6 is 0 Å². The molecule has 0 unspecified atom stereocenters. The highest BCUT2D eigenvalue weighted by Gasteiger charge is 2.13. The fraction of sp³-hybridized carbons (Fsp3) is 0. The van der Waals surface area contributed by atoms with Crippen LogP contribution < -0.4 is 0 Å². The highest BCUT2D eigenvalue weighted by molar-refractivity contribution is 6.10. The van der Waals surface area contributed by atoms with Crippen LogP contribution in [-0.2, 0) is 0 Å². The molecule has 0 amide bonds. The summed E-state index contributed by atoms with van der Waals surface area (Å²) in [4.78, 5) is 4.09. The Morgan fingerprint density at radius 1 is 0.576 bits per heavy atom. The van der Waals surface area contributed by atoms with Crippen molar-refractivity contribution in [2.24, 2.45) is 0 Å². The Hall–Kier alpha value is -4.68. The van der Waals surface area contributed by atoms with E-state index in [1.54, 1.807) is 6.20 Å². The predicted molar refractivity (Wildman–Crippen MR) is 134 cm³/mol. The van der Waals surface area contributed by atoms with Crippen LogP contribution in [0.4, 0.5) is 0 Å². The van der Waals surface area contributed by atoms with Gasteiger partial charge in [0.25, 0.3) is 0 Å². The van der Waals surface area contributed by atoms with Gasteiger partial charge in [-0.25, -0.2) is 4.98 Å². The van der Waals surface area contributed by atoms with Gasteiger partial charge in [-0.2, -0.15) is 5.26 Å². The van der Waals surface area contributed by atoms with E-state index in [1.807, 2.05) is 18.2 Å². The lowest BCUT2D eigenvalue weighted by atomic mass is 9.98. The average Bonchev–Trinajstić information content (AvgIpc) is 3.23. The van der Waals surface area contributed by atoms with Crippen LogP contribution in [0, 0.1) is 11.3 Å². The van der Waals surface area contributed by atoms with E-state index in [2.05, 4.69) is 107 Å².